The minimum atomic E-state index is 0.252. The first-order valence-corrected chi connectivity index (χ1v) is 6.90. The van der Waals surface area contributed by atoms with E-state index in [4.69, 9.17) is 0 Å². The Morgan fingerprint density at radius 2 is 2.00 bits per heavy atom. The second-order valence-corrected chi connectivity index (χ2v) is 5.26. The molecule has 2 N–H and O–H groups in total. The van der Waals surface area contributed by atoms with Gasteiger partial charge in [-0.2, -0.15) is 0 Å². The summed E-state index contributed by atoms with van der Waals surface area (Å²) in [6, 6.07) is 1.03. The Balaban J connectivity index is 2.17. The molecular weight excluding hydrogens is 214 g/mol. The monoisotopic (exact) mass is 243 g/mol. The zero-order chi connectivity index (χ0) is 12.7. The van der Waals surface area contributed by atoms with E-state index in [9.17, 15) is 5.11 Å². The summed E-state index contributed by atoms with van der Waals surface area (Å²) >= 11 is 0. The molecule has 17 heavy (non-hydrogen) atoms. The van der Waals surface area contributed by atoms with Crippen molar-refractivity contribution in [1.82, 2.24) is 15.1 Å². The molecule has 1 aliphatic rings. The average Bonchev–Trinajstić information content (AvgIpc) is 2.35. The third kappa shape index (κ3) is 5.34. The number of nitrogens with one attached hydrogen (secondary N) is 1. The van der Waals surface area contributed by atoms with Crippen molar-refractivity contribution in [3.05, 3.63) is 0 Å². The van der Waals surface area contributed by atoms with Crippen LogP contribution < -0.4 is 5.32 Å². The second-order valence-electron chi connectivity index (χ2n) is 5.26. The van der Waals surface area contributed by atoms with Crippen molar-refractivity contribution in [2.75, 3.05) is 46.9 Å². The fraction of sp³-hybridized carbons (Fsp3) is 1.00. The first kappa shape index (κ1) is 14.9. The highest BCUT2D eigenvalue weighted by Gasteiger charge is 2.20. The number of piperidine rings is 1. The SMILES string of the molecule is CCNC(CO)CCN1CCC(N(C)C)CC1. The third-order valence-corrected chi connectivity index (χ3v) is 3.79. The topological polar surface area (TPSA) is 38.7 Å². The van der Waals surface area contributed by atoms with Crippen LogP contribution in [0.5, 0.6) is 0 Å². The quantitative estimate of drug-likeness (QED) is 0.678. The second kappa shape index (κ2) is 8.03. The van der Waals surface area contributed by atoms with Gasteiger partial charge < -0.3 is 20.2 Å². The maximum absolute atomic E-state index is 9.21. The van der Waals surface area contributed by atoms with Crippen molar-refractivity contribution in [3.8, 4) is 0 Å². The van der Waals surface area contributed by atoms with E-state index < -0.39 is 0 Å². The summed E-state index contributed by atoms with van der Waals surface area (Å²) in [7, 11) is 4.35. The van der Waals surface area contributed by atoms with E-state index in [-0.39, 0.29) is 12.6 Å². The molecule has 4 heteroatoms. The van der Waals surface area contributed by atoms with Gasteiger partial charge in [0.05, 0.1) is 6.61 Å². The molecule has 1 aliphatic heterocycles. The van der Waals surface area contributed by atoms with Gasteiger partial charge in [-0.15, -0.1) is 0 Å². The van der Waals surface area contributed by atoms with Crippen LogP contribution in [0.2, 0.25) is 0 Å². The van der Waals surface area contributed by atoms with E-state index in [0.717, 1.165) is 25.6 Å². The number of rotatable bonds is 7. The van der Waals surface area contributed by atoms with Gasteiger partial charge in [0, 0.05) is 12.1 Å². The molecule has 1 rings (SSSR count). The Morgan fingerprint density at radius 3 is 2.47 bits per heavy atom. The molecule has 0 aromatic carbocycles. The van der Waals surface area contributed by atoms with E-state index in [1.807, 2.05) is 0 Å². The van der Waals surface area contributed by atoms with Crippen molar-refractivity contribution < 1.29 is 5.11 Å². The molecule has 0 aromatic rings. The highest BCUT2D eigenvalue weighted by Crippen LogP contribution is 2.14. The zero-order valence-corrected chi connectivity index (χ0v) is 11.7. The summed E-state index contributed by atoms with van der Waals surface area (Å²) < 4.78 is 0. The van der Waals surface area contributed by atoms with Gasteiger partial charge in [-0.25, -0.2) is 0 Å². The molecule has 1 fully saturated rings. The first-order chi connectivity index (χ1) is 8.17. The Kier molecular flexibility index (Phi) is 7.04. The molecule has 1 heterocycles. The maximum Gasteiger partial charge on any atom is 0.0585 e. The van der Waals surface area contributed by atoms with Crippen LogP contribution in [0.15, 0.2) is 0 Å². The number of hydrogen-bond donors (Lipinski definition) is 2. The standard InChI is InChI=1S/C13H29N3O/c1-4-14-12(11-17)5-8-16-9-6-13(7-10-16)15(2)3/h12-14,17H,4-11H2,1-3H3. The fourth-order valence-electron chi connectivity index (χ4n) is 2.54. The Labute approximate surface area is 106 Å². The van der Waals surface area contributed by atoms with Gasteiger partial charge in [0.2, 0.25) is 0 Å². The van der Waals surface area contributed by atoms with Crippen molar-refractivity contribution in [3.63, 3.8) is 0 Å². The van der Waals surface area contributed by atoms with E-state index >= 15 is 0 Å². The summed E-state index contributed by atoms with van der Waals surface area (Å²) in [5.41, 5.74) is 0. The zero-order valence-electron chi connectivity index (χ0n) is 11.7. The molecule has 0 aliphatic carbocycles. The molecule has 4 nitrogen and oxygen atoms in total. The van der Waals surface area contributed by atoms with Crippen molar-refractivity contribution in [2.45, 2.75) is 38.3 Å². The first-order valence-electron chi connectivity index (χ1n) is 6.90. The van der Waals surface area contributed by atoms with Gasteiger partial charge >= 0.3 is 0 Å². The van der Waals surface area contributed by atoms with Crippen LogP contribution in [0.4, 0.5) is 0 Å². The minimum Gasteiger partial charge on any atom is -0.395 e. The molecule has 0 saturated carbocycles. The van der Waals surface area contributed by atoms with Gasteiger partial charge in [-0.3, -0.25) is 0 Å². The smallest absolute Gasteiger partial charge is 0.0585 e. The lowest BCUT2D eigenvalue weighted by Crippen LogP contribution is -2.44. The van der Waals surface area contributed by atoms with Gasteiger partial charge in [-0.1, -0.05) is 6.92 Å². The Bertz CT molecular complexity index is 191. The van der Waals surface area contributed by atoms with Crippen molar-refractivity contribution in [2.24, 2.45) is 0 Å². The number of hydrogen-bond acceptors (Lipinski definition) is 4. The van der Waals surface area contributed by atoms with Crippen molar-refractivity contribution in [1.29, 1.82) is 0 Å². The van der Waals surface area contributed by atoms with Gasteiger partial charge in [0.25, 0.3) is 0 Å². The Morgan fingerprint density at radius 1 is 1.35 bits per heavy atom. The van der Waals surface area contributed by atoms with Crippen LogP contribution in [0.1, 0.15) is 26.2 Å². The van der Waals surface area contributed by atoms with E-state index in [1.165, 1.54) is 25.9 Å². The molecular formula is C13H29N3O. The lowest BCUT2D eigenvalue weighted by molar-refractivity contribution is 0.135. The number of nitrogens with zero attached hydrogens (tertiary/aromatic N) is 2. The molecule has 0 radical (unpaired) electrons. The Hall–Kier alpha value is -0.160. The summed E-state index contributed by atoms with van der Waals surface area (Å²) in [6.07, 6.45) is 3.60. The largest absolute Gasteiger partial charge is 0.395 e. The molecule has 0 amide bonds. The molecule has 1 saturated heterocycles. The fourth-order valence-corrected chi connectivity index (χ4v) is 2.54. The summed E-state index contributed by atoms with van der Waals surface area (Å²) in [5, 5.41) is 12.5. The number of aliphatic hydroxyl groups is 1. The predicted molar refractivity (Wildman–Crippen MR) is 72.3 cm³/mol. The average molecular weight is 243 g/mol. The van der Waals surface area contributed by atoms with Crippen LogP contribution in [0.25, 0.3) is 0 Å². The minimum absolute atomic E-state index is 0.252. The molecule has 0 bridgehead atoms. The highest BCUT2D eigenvalue weighted by atomic mass is 16.3. The van der Waals surface area contributed by atoms with E-state index in [0.29, 0.717) is 0 Å². The van der Waals surface area contributed by atoms with Crippen LogP contribution in [0, 0.1) is 0 Å². The van der Waals surface area contributed by atoms with Gasteiger partial charge in [0.15, 0.2) is 0 Å². The summed E-state index contributed by atoms with van der Waals surface area (Å²) in [5.74, 6) is 0. The molecule has 0 aromatic heterocycles. The lowest BCUT2D eigenvalue weighted by Gasteiger charge is -2.35. The van der Waals surface area contributed by atoms with E-state index in [2.05, 4.69) is 36.1 Å². The molecule has 102 valence electrons. The number of likely N-dealkylation sites (tertiary alicyclic amines) is 1. The van der Waals surface area contributed by atoms with Crippen LogP contribution in [0.3, 0.4) is 0 Å². The predicted octanol–water partition coefficient (Wildman–Crippen LogP) is 0.373. The number of likely N-dealkylation sites (N-methyl/N-ethyl adjacent to an activating group) is 1. The summed E-state index contributed by atoms with van der Waals surface area (Å²) in [4.78, 5) is 4.87. The van der Waals surface area contributed by atoms with Crippen LogP contribution in [-0.4, -0.2) is 73.9 Å². The molecule has 0 spiro atoms. The maximum atomic E-state index is 9.21. The lowest BCUT2D eigenvalue weighted by atomic mass is 10.0. The van der Waals surface area contributed by atoms with Crippen molar-refractivity contribution >= 4 is 0 Å². The normalized spacial score (nSPS) is 21.0. The number of aliphatic hydroxyl groups excluding tert-OH is 1. The molecule has 1 unspecified atom stereocenters. The van der Waals surface area contributed by atoms with Crippen LogP contribution in [-0.2, 0) is 0 Å². The summed E-state index contributed by atoms with van der Waals surface area (Å²) in [6.45, 7) is 6.79. The van der Waals surface area contributed by atoms with Gasteiger partial charge in [0.1, 0.15) is 0 Å². The highest BCUT2D eigenvalue weighted by molar-refractivity contribution is 4.78. The van der Waals surface area contributed by atoms with Gasteiger partial charge in [-0.05, 0) is 59.5 Å². The van der Waals surface area contributed by atoms with Crippen LogP contribution >= 0.6 is 0 Å². The third-order valence-electron chi connectivity index (χ3n) is 3.79. The van der Waals surface area contributed by atoms with E-state index in [1.54, 1.807) is 0 Å². The molecule has 1 atom stereocenters.